The van der Waals surface area contributed by atoms with Gasteiger partial charge in [0.1, 0.15) is 13.2 Å². The van der Waals surface area contributed by atoms with E-state index in [2.05, 4.69) is 118 Å². The third-order valence-corrected chi connectivity index (χ3v) is 9.54. The van der Waals surface area contributed by atoms with Gasteiger partial charge in [-0.3, -0.25) is 14.4 Å². The number of ether oxygens (including phenoxy) is 3. The number of hydrogen-bond acceptors (Lipinski definition) is 6. The molecule has 0 rings (SSSR count). The highest BCUT2D eigenvalue weighted by molar-refractivity contribution is 5.71. The van der Waals surface area contributed by atoms with E-state index >= 15 is 0 Å². The molecular weight excluding hydrogens is 733 g/mol. The molecule has 0 saturated heterocycles. The van der Waals surface area contributed by atoms with Crippen LogP contribution in [0.1, 0.15) is 201 Å². The smallest absolute Gasteiger partial charge is 0.306 e. The van der Waals surface area contributed by atoms with Gasteiger partial charge in [0.25, 0.3) is 0 Å². The molecule has 334 valence electrons. The summed E-state index contributed by atoms with van der Waals surface area (Å²) in [6.07, 6.45) is 61.2. The number of rotatable bonds is 41. The lowest BCUT2D eigenvalue weighted by molar-refractivity contribution is -0.167. The summed E-state index contributed by atoms with van der Waals surface area (Å²) in [5.41, 5.74) is 0. The third-order valence-electron chi connectivity index (χ3n) is 9.54. The minimum Gasteiger partial charge on any atom is -0.462 e. The van der Waals surface area contributed by atoms with Crippen molar-refractivity contribution in [2.75, 3.05) is 13.2 Å². The summed E-state index contributed by atoms with van der Waals surface area (Å²) in [4.78, 5) is 37.7. The first kappa shape index (κ1) is 55.3. The molecule has 0 heterocycles. The quantitative estimate of drug-likeness (QED) is 0.0265. The molecule has 0 spiro atoms. The molecule has 0 aliphatic rings. The van der Waals surface area contributed by atoms with E-state index in [1.165, 1.54) is 64.2 Å². The van der Waals surface area contributed by atoms with Crippen LogP contribution < -0.4 is 0 Å². The van der Waals surface area contributed by atoms with Crippen molar-refractivity contribution in [3.8, 4) is 0 Å². The van der Waals surface area contributed by atoms with Crippen molar-refractivity contribution in [3.63, 3.8) is 0 Å². The maximum absolute atomic E-state index is 12.7. The van der Waals surface area contributed by atoms with Crippen LogP contribution in [0.3, 0.4) is 0 Å². The highest BCUT2D eigenvalue weighted by Gasteiger charge is 2.19. The Hall–Kier alpha value is -3.67. The Morgan fingerprint density at radius 1 is 0.356 bits per heavy atom. The van der Waals surface area contributed by atoms with E-state index in [4.69, 9.17) is 14.2 Å². The predicted molar refractivity (Wildman–Crippen MR) is 251 cm³/mol. The van der Waals surface area contributed by atoms with Crippen LogP contribution in [-0.4, -0.2) is 37.2 Å². The summed E-state index contributed by atoms with van der Waals surface area (Å²) < 4.78 is 16.6. The molecule has 0 amide bonds. The van der Waals surface area contributed by atoms with Gasteiger partial charge in [-0.25, -0.2) is 0 Å². The SMILES string of the molecule is CC/C=C\C/C=C\C/C=C\CCCC(=O)OCC(COC(=O)CCC/C=C\C/C=C\C/C=C\C/C=C\CCCCC)OC(=O)CCCCC/C=C\CCCCCCCC. The molecule has 0 fully saturated rings. The summed E-state index contributed by atoms with van der Waals surface area (Å²) in [5.74, 6) is -1.06. The van der Waals surface area contributed by atoms with Crippen molar-refractivity contribution < 1.29 is 28.6 Å². The third kappa shape index (κ3) is 45.3. The summed E-state index contributed by atoms with van der Waals surface area (Å²) in [5, 5.41) is 0. The average Bonchev–Trinajstić information content (AvgIpc) is 3.23. The number of esters is 3. The Bertz CT molecular complexity index is 1220. The first-order valence-electron chi connectivity index (χ1n) is 23.7. The average molecular weight is 819 g/mol. The van der Waals surface area contributed by atoms with Crippen LogP contribution >= 0.6 is 0 Å². The van der Waals surface area contributed by atoms with Crippen LogP contribution in [0.25, 0.3) is 0 Å². The van der Waals surface area contributed by atoms with E-state index in [0.717, 1.165) is 83.5 Å². The van der Waals surface area contributed by atoms with E-state index in [0.29, 0.717) is 12.8 Å². The molecule has 1 atom stereocenters. The Morgan fingerprint density at radius 2 is 0.678 bits per heavy atom. The summed E-state index contributed by atoms with van der Waals surface area (Å²) in [6.45, 7) is 6.35. The topological polar surface area (TPSA) is 78.9 Å². The zero-order chi connectivity index (χ0) is 43.0. The molecule has 0 bridgehead atoms. The molecule has 6 nitrogen and oxygen atoms in total. The molecule has 0 saturated carbocycles. The Morgan fingerprint density at radius 3 is 1.14 bits per heavy atom. The van der Waals surface area contributed by atoms with Gasteiger partial charge in [-0.1, -0.05) is 169 Å². The van der Waals surface area contributed by atoms with Crippen LogP contribution in [0.15, 0.2) is 97.2 Å². The molecule has 59 heavy (non-hydrogen) atoms. The van der Waals surface area contributed by atoms with E-state index in [1.807, 2.05) is 0 Å². The Balaban J connectivity index is 4.55. The molecule has 0 aromatic heterocycles. The van der Waals surface area contributed by atoms with Crippen LogP contribution in [0, 0.1) is 0 Å². The predicted octanol–water partition coefficient (Wildman–Crippen LogP) is 15.4. The maximum Gasteiger partial charge on any atom is 0.306 e. The van der Waals surface area contributed by atoms with Gasteiger partial charge in [0.2, 0.25) is 0 Å². The number of hydrogen-bond donors (Lipinski definition) is 0. The number of carbonyl (C=O) groups excluding carboxylic acids is 3. The fourth-order valence-corrected chi connectivity index (χ4v) is 5.98. The monoisotopic (exact) mass is 819 g/mol. The van der Waals surface area contributed by atoms with E-state index in [-0.39, 0.29) is 50.4 Å². The minimum absolute atomic E-state index is 0.128. The highest BCUT2D eigenvalue weighted by Crippen LogP contribution is 2.11. The lowest BCUT2D eigenvalue weighted by Gasteiger charge is -2.18. The number of allylic oxidation sites excluding steroid dienone is 16. The van der Waals surface area contributed by atoms with E-state index in [9.17, 15) is 14.4 Å². The van der Waals surface area contributed by atoms with Crippen molar-refractivity contribution in [2.45, 2.75) is 207 Å². The lowest BCUT2D eigenvalue weighted by atomic mass is 10.1. The second-order valence-electron chi connectivity index (χ2n) is 15.3. The normalized spacial score (nSPS) is 12.9. The molecule has 0 aliphatic heterocycles. The first-order valence-corrected chi connectivity index (χ1v) is 23.7. The molecule has 0 aromatic rings. The Labute approximate surface area is 362 Å². The number of carbonyl (C=O) groups is 3. The highest BCUT2D eigenvalue weighted by atomic mass is 16.6. The van der Waals surface area contributed by atoms with E-state index < -0.39 is 6.10 Å². The first-order chi connectivity index (χ1) is 29.0. The standard InChI is InChI=1S/C53H86O6/c1-4-7-10-13-16-19-22-24-25-26-27-29-31-34-37-40-43-46-52(55)58-49-50(48-57-51(54)45-42-39-36-33-30-21-18-15-12-9-6-3)59-53(56)47-44-41-38-35-32-28-23-20-17-14-11-8-5-2/h9,12,16,18-19,21,24-25,27-29,32-34,36-37,50H,4-8,10-11,13-15,17,20,22-23,26,30-31,35,38-49H2,1-3H3/b12-9-,19-16-,21-18-,25-24-,29-27-,32-28-,36-33-,37-34-. The van der Waals surface area contributed by atoms with Crippen molar-refractivity contribution >= 4 is 17.9 Å². The van der Waals surface area contributed by atoms with Gasteiger partial charge in [0.05, 0.1) is 0 Å². The largest absolute Gasteiger partial charge is 0.462 e. The van der Waals surface area contributed by atoms with Gasteiger partial charge in [-0.05, 0) is 109 Å². The van der Waals surface area contributed by atoms with Crippen molar-refractivity contribution in [2.24, 2.45) is 0 Å². The van der Waals surface area contributed by atoms with Crippen LogP contribution in [-0.2, 0) is 28.6 Å². The van der Waals surface area contributed by atoms with Gasteiger partial charge in [0, 0.05) is 19.3 Å². The zero-order valence-corrected chi connectivity index (χ0v) is 38.0. The fraction of sp³-hybridized carbons (Fsp3) is 0.642. The summed E-state index contributed by atoms with van der Waals surface area (Å²) in [6, 6.07) is 0. The van der Waals surface area contributed by atoms with Gasteiger partial charge in [-0.15, -0.1) is 0 Å². The van der Waals surface area contributed by atoms with Gasteiger partial charge < -0.3 is 14.2 Å². The van der Waals surface area contributed by atoms with Gasteiger partial charge in [0.15, 0.2) is 6.10 Å². The lowest BCUT2D eigenvalue weighted by Crippen LogP contribution is -2.30. The number of unbranched alkanes of at least 4 members (excludes halogenated alkanes) is 14. The van der Waals surface area contributed by atoms with Gasteiger partial charge >= 0.3 is 17.9 Å². The van der Waals surface area contributed by atoms with Crippen LogP contribution in [0.5, 0.6) is 0 Å². The van der Waals surface area contributed by atoms with Crippen molar-refractivity contribution in [1.82, 2.24) is 0 Å². The second-order valence-corrected chi connectivity index (χ2v) is 15.3. The molecule has 0 aromatic carbocycles. The van der Waals surface area contributed by atoms with Crippen molar-refractivity contribution in [1.29, 1.82) is 0 Å². The maximum atomic E-state index is 12.7. The summed E-state index contributed by atoms with van der Waals surface area (Å²) >= 11 is 0. The molecule has 0 N–H and O–H groups in total. The Kier molecular flexibility index (Phi) is 44.1. The molecule has 6 heteroatoms. The van der Waals surface area contributed by atoms with Gasteiger partial charge in [-0.2, -0.15) is 0 Å². The molecule has 0 aliphatic carbocycles. The molecule has 1 unspecified atom stereocenters. The van der Waals surface area contributed by atoms with Crippen LogP contribution in [0.4, 0.5) is 0 Å². The minimum atomic E-state index is -0.826. The van der Waals surface area contributed by atoms with E-state index in [1.54, 1.807) is 0 Å². The molecule has 0 radical (unpaired) electrons. The fourth-order valence-electron chi connectivity index (χ4n) is 5.98. The van der Waals surface area contributed by atoms with Crippen LogP contribution in [0.2, 0.25) is 0 Å². The molecular formula is C53H86O6. The summed E-state index contributed by atoms with van der Waals surface area (Å²) in [7, 11) is 0. The van der Waals surface area contributed by atoms with Crippen molar-refractivity contribution in [3.05, 3.63) is 97.2 Å². The zero-order valence-electron chi connectivity index (χ0n) is 38.0. The second kappa shape index (κ2) is 47.0.